The van der Waals surface area contributed by atoms with Crippen LogP contribution in [0.3, 0.4) is 0 Å². The fourth-order valence-electron chi connectivity index (χ4n) is 4.77. The topological polar surface area (TPSA) is 79.6 Å². The monoisotopic (exact) mass is 403 g/mol. The van der Waals surface area contributed by atoms with Gasteiger partial charge in [0.05, 0.1) is 6.10 Å². The molecule has 0 bridgehead atoms. The lowest BCUT2D eigenvalue weighted by atomic mass is 10.1. The Bertz CT molecular complexity index is 677. The normalized spacial score (nSPS) is 26.5. The highest BCUT2D eigenvalue weighted by Crippen LogP contribution is 2.26. The van der Waals surface area contributed by atoms with Crippen LogP contribution in [0.4, 0.5) is 0 Å². The van der Waals surface area contributed by atoms with Crippen molar-refractivity contribution in [1.82, 2.24) is 30.3 Å². The maximum atomic E-state index is 5.77. The summed E-state index contributed by atoms with van der Waals surface area (Å²) in [5.41, 5.74) is 0. The molecule has 8 heteroatoms. The van der Waals surface area contributed by atoms with Gasteiger partial charge >= 0.3 is 0 Å². The Morgan fingerprint density at radius 1 is 1.17 bits per heavy atom. The van der Waals surface area contributed by atoms with E-state index >= 15 is 0 Å². The number of ether oxygens (including phenoxy) is 1. The van der Waals surface area contributed by atoms with Crippen LogP contribution in [0.5, 0.6) is 0 Å². The maximum Gasteiger partial charge on any atom is 0.192 e. The highest BCUT2D eigenvalue weighted by molar-refractivity contribution is 5.80. The summed E-state index contributed by atoms with van der Waals surface area (Å²) < 4.78 is 7.77. The summed E-state index contributed by atoms with van der Waals surface area (Å²) in [6, 6.07) is 0.452. The number of hydrogen-bond donors (Lipinski definition) is 2. The van der Waals surface area contributed by atoms with Gasteiger partial charge in [0.25, 0.3) is 0 Å². The number of nitrogens with one attached hydrogen (secondary N) is 2. The van der Waals surface area contributed by atoms with Crippen molar-refractivity contribution in [2.75, 3.05) is 32.8 Å². The van der Waals surface area contributed by atoms with Gasteiger partial charge in [-0.25, -0.2) is 4.99 Å². The van der Waals surface area contributed by atoms with Crippen LogP contribution in [-0.2, 0) is 18.3 Å². The third kappa shape index (κ3) is 5.69. The molecule has 3 heterocycles. The first-order chi connectivity index (χ1) is 14.2. The van der Waals surface area contributed by atoms with Crippen molar-refractivity contribution in [1.29, 1.82) is 0 Å². The second kappa shape index (κ2) is 9.89. The van der Waals surface area contributed by atoms with Crippen LogP contribution < -0.4 is 10.6 Å². The van der Waals surface area contributed by atoms with Crippen molar-refractivity contribution in [2.45, 2.75) is 70.6 Å². The summed E-state index contributed by atoms with van der Waals surface area (Å²) in [5, 5.41) is 15.6. The summed E-state index contributed by atoms with van der Waals surface area (Å²) in [5.74, 6) is 3.58. The largest absolute Gasteiger partial charge is 0.376 e. The van der Waals surface area contributed by atoms with Gasteiger partial charge in [-0.1, -0.05) is 12.8 Å². The molecule has 162 valence electrons. The Hall–Kier alpha value is -1.67. The Morgan fingerprint density at radius 2 is 2.03 bits per heavy atom. The molecule has 3 aliphatic rings. The van der Waals surface area contributed by atoms with Gasteiger partial charge in [-0.3, -0.25) is 0 Å². The number of nitrogens with zero attached hydrogens (tertiary/aromatic N) is 5. The van der Waals surface area contributed by atoms with Crippen molar-refractivity contribution in [3.05, 3.63) is 11.6 Å². The zero-order valence-electron chi connectivity index (χ0n) is 18.1. The molecule has 0 aromatic carbocycles. The molecule has 1 aromatic rings. The van der Waals surface area contributed by atoms with E-state index in [9.17, 15) is 0 Å². The third-order valence-electron chi connectivity index (χ3n) is 6.69. The highest BCUT2D eigenvalue weighted by atomic mass is 16.5. The number of likely N-dealkylation sites (tertiary alicyclic amines) is 1. The van der Waals surface area contributed by atoms with E-state index in [0.29, 0.717) is 18.7 Å². The average Bonchev–Trinajstić information content (AvgIpc) is 3.51. The first-order valence-electron chi connectivity index (χ1n) is 11.4. The molecule has 2 unspecified atom stereocenters. The first kappa shape index (κ1) is 20.6. The Morgan fingerprint density at radius 3 is 2.76 bits per heavy atom. The average molecular weight is 404 g/mol. The molecule has 0 amide bonds. The van der Waals surface area contributed by atoms with Crippen LogP contribution in [0, 0.1) is 12.8 Å². The SMILES string of the molecule is Cc1nnc(CN=C(NCC2CCCO2)NC2CCN(CC3CCCC3)C2)n1C. The minimum Gasteiger partial charge on any atom is -0.376 e. The summed E-state index contributed by atoms with van der Waals surface area (Å²) >= 11 is 0. The number of aliphatic imine (C=N–C) groups is 1. The fourth-order valence-corrected chi connectivity index (χ4v) is 4.77. The molecule has 2 atom stereocenters. The van der Waals surface area contributed by atoms with Crippen molar-refractivity contribution in [3.8, 4) is 0 Å². The van der Waals surface area contributed by atoms with Gasteiger partial charge < -0.3 is 24.8 Å². The Labute approximate surface area is 174 Å². The van der Waals surface area contributed by atoms with Crippen LogP contribution in [0.15, 0.2) is 4.99 Å². The molecule has 3 fully saturated rings. The maximum absolute atomic E-state index is 5.77. The highest BCUT2D eigenvalue weighted by Gasteiger charge is 2.27. The lowest BCUT2D eigenvalue weighted by molar-refractivity contribution is 0.113. The van der Waals surface area contributed by atoms with Crippen molar-refractivity contribution in [3.63, 3.8) is 0 Å². The van der Waals surface area contributed by atoms with Crippen molar-refractivity contribution >= 4 is 5.96 Å². The molecule has 2 saturated heterocycles. The number of hydrogen-bond acceptors (Lipinski definition) is 5. The number of rotatable bonds is 7. The first-order valence-corrected chi connectivity index (χ1v) is 11.4. The van der Waals surface area contributed by atoms with E-state index < -0.39 is 0 Å². The van der Waals surface area contributed by atoms with Crippen LogP contribution >= 0.6 is 0 Å². The zero-order chi connectivity index (χ0) is 20.1. The van der Waals surface area contributed by atoms with E-state index in [1.807, 2.05) is 18.5 Å². The molecule has 2 N–H and O–H groups in total. The second-order valence-electron chi connectivity index (χ2n) is 8.94. The fraction of sp³-hybridized carbons (Fsp3) is 0.857. The second-order valence-corrected chi connectivity index (χ2v) is 8.94. The molecule has 2 aliphatic heterocycles. The summed E-state index contributed by atoms with van der Waals surface area (Å²) in [4.78, 5) is 7.45. The molecule has 1 aliphatic carbocycles. The van der Waals surface area contributed by atoms with E-state index in [1.54, 1.807) is 0 Å². The Kier molecular flexibility index (Phi) is 7.02. The van der Waals surface area contributed by atoms with E-state index in [4.69, 9.17) is 9.73 Å². The van der Waals surface area contributed by atoms with Crippen molar-refractivity contribution < 1.29 is 4.74 Å². The minimum atomic E-state index is 0.293. The molecule has 29 heavy (non-hydrogen) atoms. The van der Waals surface area contributed by atoms with Crippen LogP contribution in [-0.4, -0.2) is 70.6 Å². The molecule has 1 saturated carbocycles. The van der Waals surface area contributed by atoms with E-state index in [-0.39, 0.29) is 0 Å². The van der Waals surface area contributed by atoms with Crippen molar-refractivity contribution in [2.24, 2.45) is 18.0 Å². The van der Waals surface area contributed by atoms with Crippen LogP contribution in [0.2, 0.25) is 0 Å². The Balaban J connectivity index is 1.32. The zero-order valence-corrected chi connectivity index (χ0v) is 18.1. The van der Waals surface area contributed by atoms with Crippen LogP contribution in [0.25, 0.3) is 0 Å². The molecule has 0 radical (unpaired) electrons. The number of guanidine groups is 1. The third-order valence-corrected chi connectivity index (χ3v) is 6.69. The minimum absolute atomic E-state index is 0.293. The van der Waals surface area contributed by atoms with Gasteiger partial charge in [0.15, 0.2) is 11.8 Å². The number of aryl methyl sites for hydroxylation is 1. The predicted molar refractivity (Wildman–Crippen MR) is 114 cm³/mol. The van der Waals surface area contributed by atoms with Gasteiger partial charge in [-0.15, -0.1) is 10.2 Å². The summed E-state index contributed by atoms with van der Waals surface area (Å²) in [6.45, 7) is 7.75. The van der Waals surface area contributed by atoms with Crippen LogP contribution in [0.1, 0.15) is 56.6 Å². The standard InChI is InChI=1S/C21H37N7O/c1-16-25-26-20(27(16)2)13-23-21(22-12-19-8-5-11-29-19)24-18-9-10-28(15-18)14-17-6-3-4-7-17/h17-19H,3-15H2,1-2H3,(H2,22,23,24). The molecule has 1 aromatic heterocycles. The van der Waals surface area contributed by atoms with E-state index in [2.05, 4.69) is 25.7 Å². The van der Waals surface area contributed by atoms with Gasteiger partial charge in [-0.2, -0.15) is 0 Å². The predicted octanol–water partition coefficient (Wildman–Crippen LogP) is 1.60. The molecular weight excluding hydrogens is 366 g/mol. The molecule has 0 spiro atoms. The van der Waals surface area contributed by atoms with Gasteiger partial charge in [0, 0.05) is 45.9 Å². The smallest absolute Gasteiger partial charge is 0.192 e. The van der Waals surface area contributed by atoms with Gasteiger partial charge in [0.1, 0.15) is 12.4 Å². The van der Waals surface area contributed by atoms with Gasteiger partial charge in [-0.05, 0) is 44.9 Å². The lowest BCUT2D eigenvalue weighted by Gasteiger charge is -2.22. The quantitative estimate of drug-likeness (QED) is 0.532. The lowest BCUT2D eigenvalue weighted by Crippen LogP contribution is -2.46. The van der Waals surface area contributed by atoms with Gasteiger partial charge in [0.2, 0.25) is 0 Å². The summed E-state index contributed by atoms with van der Waals surface area (Å²) in [6.07, 6.45) is 9.43. The number of aromatic nitrogens is 3. The molecule has 4 rings (SSSR count). The molecule has 8 nitrogen and oxygen atoms in total. The molecular formula is C21H37N7O. The van der Waals surface area contributed by atoms with E-state index in [1.165, 1.54) is 45.2 Å². The van der Waals surface area contributed by atoms with E-state index in [0.717, 1.165) is 56.1 Å². The summed E-state index contributed by atoms with van der Waals surface area (Å²) in [7, 11) is 1.99.